The Bertz CT molecular complexity index is 548. The van der Waals surface area contributed by atoms with Gasteiger partial charge in [0.25, 0.3) is 0 Å². The second kappa shape index (κ2) is 5.53. The van der Waals surface area contributed by atoms with E-state index < -0.39 is 0 Å². The Morgan fingerprint density at radius 1 is 1.39 bits per heavy atom. The first-order chi connectivity index (χ1) is 8.79. The number of nitrogens with one attached hydrogen (secondary N) is 1. The Labute approximate surface area is 103 Å². The van der Waals surface area contributed by atoms with Gasteiger partial charge in [0, 0.05) is 24.0 Å². The summed E-state index contributed by atoms with van der Waals surface area (Å²) < 4.78 is 1.55. The van der Waals surface area contributed by atoms with Crippen molar-refractivity contribution in [3.8, 4) is 11.4 Å². The zero-order valence-corrected chi connectivity index (χ0v) is 9.43. The molecule has 0 unspecified atom stereocenters. The van der Waals surface area contributed by atoms with Gasteiger partial charge in [-0.2, -0.15) is 0 Å². The Kier molecular flexibility index (Phi) is 3.59. The lowest BCUT2D eigenvalue weighted by Crippen LogP contribution is -2.40. The number of aromatic nitrogens is 4. The SMILES string of the molecule is N=C(C[n+]1ccc(-c2ncccn2)cn1)N=NN. The zero-order chi connectivity index (χ0) is 12.8. The van der Waals surface area contributed by atoms with Gasteiger partial charge in [-0.25, -0.2) is 9.97 Å². The Morgan fingerprint density at radius 3 is 2.78 bits per heavy atom. The van der Waals surface area contributed by atoms with Crippen LogP contribution in [0, 0.1) is 5.41 Å². The van der Waals surface area contributed by atoms with E-state index in [1.165, 1.54) is 0 Å². The van der Waals surface area contributed by atoms with Crippen molar-refractivity contribution in [3.63, 3.8) is 0 Å². The summed E-state index contributed by atoms with van der Waals surface area (Å²) in [6.45, 7) is 0.205. The predicted octanol–water partition coefficient (Wildman–Crippen LogP) is 0.129. The van der Waals surface area contributed by atoms with Gasteiger partial charge in [-0.3, -0.25) is 5.41 Å². The fraction of sp³-hybridized carbons (Fsp3) is 0.100. The molecule has 18 heavy (non-hydrogen) atoms. The number of nitrogens with two attached hydrogens (primary N) is 1. The van der Waals surface area contributed by atoms with Gasteiger partial charge in [-0.05, 0) is 11.2 Å². The van der Waals surface area contributed by atoms with E-state index in [9.17, 15) is 0 Å². The molecule has 90 valence electrons. The monoisotopic (exact) mass is 243 g/mol. The van der Waals surface area contributed by atoms with Crippen molar-refractivity contribution in [3.05, 3.63) is 36.9 Å². The molecule has 0 aliphatic rings. The van der Waals surface area contributed by atoms with E-state index in [1.54, 1.807) is 35.5 Å². The fourth-order valence-electron chi connectivity index (χ4n) is 1.31. The summed E-state index contributed by atoms with van der Waals surface area (Å²) in [7, 11) is 0. The Balaban J connectivity index is 2.13. The molecule has 0 atom stereocenters. The lowest BCUT2D eigenvalue weighted by atomic mass is 10.3. The molecule has 8 nitrogen and oxygen atoms in total. The molecule has 0 spiro atoms. The largest absolute Gasteiger partial charge is 0.305 e. The average molecular weight is 243 g/mol. The van der Waals surface area contributed by atoms with Gasteiger partial charge in [0.2, 0.25) is 12.4 Å². The summed E-state index contributed by atoms with van der Waals surface area (Å²) in [4.78, 5) is 8.23. The lowest BCUT2D eigenvalue weighted by Gasteiger charge is -1.96. The van der Waals surface area contributed by atoms with E-state index in [0.29, 0.717) is 5.82 Å². The summed E-state index contributed by atoms with van der Waals surface area (Å²) in [5, 5.41) is 18.0. The first-order valence-corrected chi connectivity index (χ1v) is 5.11. The molecule has 0 saturated carbocycles. The summed E-state index contributed by atoms with van der Waals surface area (Å²) >= 11 is 0. The van der Waals surface area contributed by atoms with Crippen LogP contribution in [0.15, 0.2) is 47.3 Å². The molecule has 2 rings (SSSR count). The third kappa shape index (κ3) is 2.88. The molecule has 0 saturated heterocycles. The average Bonchev–Trinajstić information content (AvgIpc) is 2.41. The first-order valence-electron chi connectivity index (χ1n) is 5.11. The number of amidine groups is 1. The maximum Gasteiger partial charge on any atom is 0.234 e. The van der Waals surface area contributed by atoms with E-state index in [-0.39, 0.29) is 12.4 Å². The highest BCUT2D eigenvalue weighted by atomic mass is 15.3. The molecule has 0 fully saturated rings. The van der Waals surface area contributed by atoms with Crippen molar-refractivity contribution in [2.24, 2.45) is 16.2 Å². The van der Waals surface area contributed by atoms with Crippen LogP contribution in [0.2, 0.25) is 0 Å². The van der Waals surface area contributed by atoms with Crippen molar-refractivity contribution in [1.29, 1.82) is 5.41 Å². The smallest absolute Gasteiger partial charge is 0.234 e. The highest BCUT2D eigenvalue weighted by Gasteiger charge is 2.08. The first kappa shape index (κ1) is 11.7. The Hall–Kier alpha value is -2.77. The summed E-state index contributed by atoms with van der Waals surface area (Å²) in [5.74, 6) is 5.49. The van der Waals surface area contributed by atoms with Gasteiger partial charge in [-0.1, -0.05) is 9.91 Å². The third-order valence-electron chi connectivity index (χ3n) is 2.09. The van der Waals surface area contributed by atoms with Gasteiger partial charge in [0.05, 0.1) is 0 Å². The molecule has 0 aliphatic carbocycles. The number of hydrogen-bond donors (Lipinski definition) is 2. The highest BCUT2D eigenvalue weighted by Crippen LogP contribution is 2.08. The van der Waals surface area contributed by atoms with Crippen molar-refractivity contribution < 1.29 is 4.68 Å². The van der Waals surface area contributed by atoms with E-state index in [4.69, 9.17) is 11.3 Å². The molecule has 2 aromatic rings. The second-order valence-corrected chi connectivity index (χ2v) is 3.35. The van der Waals surface area contributed by atoms with Crippen LogP contribution in [-0.2, 0) is 6.54 Å². The lowest BCUT2D eigenvalue weighted by molar-refractivity contribution is -0.740. The molecule has 2 aromatic heterocycles. The summed E-state index contributed by atoms with van der Waals surface area (Å²) in [6, 6.07) is 3.56. The van der Waals surface area contributed by atoms with Gasteiger partial charge >= 0.3 is 0 Å². The minimum atomic E-state index is 0.0266. The van der Waals surface area contributed by atoms with E-state index in [2.05, 4.69) is 25.4 Å². The van der Waals surface area contributed by atoms with Gasteiger partial charge in [0.1, 0.15) is 6.20 Å². The minimum Gasteiger partial charge on any atom is -0.305 e. The highest BCUT2D eigenvalue weighted by molar-refractivity contribution is 5.77. The molecule has 8 heteroatoms. The topological polar surface area (TPSA) is 117 Å². The zero-order valence-electron chi connectivity index (χ0n) is 9.43. The molecule has 3 N–H and O–H groups in total. The predicted molar refractivity (Wildman–Crippen MR) is 62.2 cm³/mol. The van der Waals surface area contributed by atoms with Crippen LogP contribution in [0.1, 0.15) is 0 Å². The maximum atomic E-state index is 7.42. The van der Waals surface area contributed by atoms with Crippen LogP contribution < -0.4 is 10.5 Å². The third-order valence-corrected chi connectivity index (χ3v) is 2.09. The molecular formula is C10H11N8+. The maximum absolute atomic E-state index is 7.42. The van der Waals surface area contributed by atoms with E-state index in [1.807, 2.05) is 6.07 Å². The molecule has 0 aliphatic heterocycles. The van der Waals surface area contributed by atoms with Crippen molar-refractivity contribution in [2.45, 2.75) is 6.54 Å². The quantitative estimate of drug-likeness (QED) is 0.199. The van der Waals surface area contributed by atoms with Gasteiger partial charge < -0.3 is 5.84 Å². The number of rotatable bonds is 3. The van der Waals surface area contributed by atoms with Crippen LogP contribution in [0.4, 0.5) is 0 Å². The van der Waals surface area contributed by atoms with E-state index in [0.717, 1.165) is 5.56 Å². The van der Waals surface area contributed by atoms with Crippen molar-refractivity contribution >= 4 is 5.84 Å². The molecule has 0 aromatic carbocycles. The fourth-order valence-corrected chi connectivity index (χ4v) is 1.31. The molecule has 0 radical (unpaired) electrons. The van der Waals surface area contributed by atoms with Gasteiger partial charge in [-0.15, -0.1) is 5.11 Å². The molecular weight excluding hydrogens is 232 g/mol. The van der Waals surface area contributed by atoms with Crippen LogP contribution in [0.3, 0.4) is 0 Å². The minimum absolute atomic E-state index is 0.0266. The number of nitrogens with zero attached hydrogens (tertiary/aromatic N) is 6. The Morgan fingerprint density at radius 2 is 2.17 bits per heavy atom. The normalized spacial score (nSPS) is 10.7. The summed E-state index contributed by atoms with van der Waals surface area (Å²) in [5.41, 5.74) is 0.804. The van der Waals surface area contributed by atoms with Crippen LogP contribution in [0.25, 0.3) is 11.4 Å². The van der Waals surface area contributed by atoms with Crippen LogP contribution >= 0.6 is 0 Å². The molecule has 0 bridgehead atoms. The van der Waals surface area contributed by atoms with Gasteiger partial charge in [0.15, 0.2) is 12.0 Å². The molecule has 0 amide bonds. The summed E-state index contributed by atoms with van der Waals surface area (Å²) in [6.07, 6.45) is 6.68. The van der Waals surface area contributed by atoms with Crippen LogP contribution in [0.5, 0.6) is 0 Å². The number of hydrogen-bond acceptors (Lipinski definition) is 5. The second-order valence-electron chi connectivity index (χ2n) is 3.35. The van der Waals surface area contributed by atoms with E-state index >= 15 is 0 Å². The van der Waals surface area contributed by atoms with Crippen molar-refractivity contribution in [2.75, 3.05) is 0 Å². The van der Waals surface area contributed by atoms with Crippen molar-refractivity contribution in [1.82, 2.24) is 15.1 Å². The van der Waals surface area contributed by atoms with Crippen LogP contribution in [-0.4, -0.2) is 20.9 Å². The standard InChI is InChI=1S/C10H11N8/c11-9(16-17-12)7-18-5-2-8(6-15-18)10-13-3-1-4-14-10/h1-6H,7H2,(H3,11,12,16)/q+1. The molecule has 2 heterocycles.